The zero-order valence-corrected chi connectivity index (χ0v) is 16.8. The van der Waals surface area contributed by atoms with Gasteiger partial charge in [0.25, 0.3) is 11.4 Å². The molecule has 2 aromatic heterocycles. The average molecular weight is 421 g/mol. The fourth-order valence-electron chi connectivity index (χ4n) is 3.00. The predicted octanol–water partition coefficient (Wildman–Crippen LogP) is 4.17. The van der Waals surface area contributed by atoms with Crippen LogP contribution in [0.1, 0.15) is 5.56 Å². The highest BCUT2D eigenvalue weighted by atomic mass is 35.5. The van der Waals surface area contributed by atoms with E-state index in [1.807, 2.05) is 31.2 Å². The molecule has 2 heterocycles. The van der Waals surface area contributed by atoms with E-state index in [0.29, 0.717) is 16.5 Å². The second kappa shape index (κ2) is 8.34. The molecule has 0 saturated heterocycles. The molecular weight excluding hydrogens is 404 g/mol. The molecule has 0 atom stereocenters. The van der Waals surface area contributed by atoms with Crippen LogP contribution in [0, 0.1) is 6.92 Å². The van der Waals surface area contributed by atoms with Gasteiger partial charge in [-0.1, -0.05) is 53.2 Å². The summed E-state index contributed by atoms with van der Waals surface area (Å²) in [6.45, 7) is 1.76. The number of carbonyl (C=O) groups excluding carboxylic acids is 1. The van der Waals surface area contributed by atoms with Crippen molar-refractivity contribution in [1.82, 2.24) is 14.7 Å². The highest BCUT2D eigenvalue weighted by Crippen LogP contribution is 2.23. The van der Waals surface area contributed by atoms with E-state index in [9.17, 15) is 9.59 Å². The van der Waals surface area contributed by atoms with Crippen LogP contribution in [0.3, 0.4) is 0 Å². The van der Waals surface area contributed by atoms with Crippen molar-refractivity contribution < 1.29 is 9.32 Å². The molecule has 0 fully saturated rings. The smallest absolute Gasteiger partial charge is 0.263 e. The number of hydrogen-bond acceptors (Lipinski definition) is 5. The topological polar surface area (TPSA) is 90.0 Å². The van der Waals surface area contributed by atoms with Gasteiger partial charge < -0.3 is 14.4 Å². The molecule has 8 heteroatoms. The van der Waals surface area contributed by atoms with Crippen molar-refractivity contribution in [2.24, 2.45) is 0 Å². The maximum atomic E-state index is 12.9. The number of aromatic nitrogens is 3. The monoisotopic (exact) mass is 420 g/mol. The molecule has 0 spiro atoms. The largest absolute Gasteiger partial charge is 0.333 e. The Kier molecular flexibility index (Phi) is 5.45. The number of carbonyl (C=O) groups is 1. The Labute approximate surface area is 176 Å². The van der Waals surface area contributed by atoms with E-state index in [1.54, 1.807) is 36.4 Å². The lowest BCUT2D eigenvalue weighted by atomic mass is 10.1. The lowest BCUT2D eigenvalue weighted by Crippen LogP contribution is -2.28. The standard InChI is InChI=1S/C22H17ClN4O3/c1-14-7-2-3-8-15(14)20-25-21(30-26-20)16-9-6-12-27(22(16)29)13-19(28)24-18-11-5-4-10-17(18)23/h2-12H,13H2,1H3,(H,24,28). The zero-order chi connectivity index (χ0) is 21.1. The maximum Gasteiger partial charge on any atom is 0.263 e. The first-order valence-corrected chi connectivity index (χ1v) is 9.54. The quantitative estimate of drug-likeness (QED) is 0.523. The van der Waals surface area contributed by atoms with Crippen LogP contribution < -0.4 is 10.9 Å². The molecule has 1 N–H and O–H groups in total. The third kappa shape index (κ3) is 4.01. The number of hydrogen-bond donors (Lipinski definition) is 1. The Morgan fingerprint density at radius 3 is 2.60 bits per heavy atom. The van der Waals surface area contributed by atoms with Crippen LogP contribution in [-0.2, 0) is 11.3 Å². The van der Waals surface area contributed by atoms with Crippen molar-refractivity contribution in [3.8, 4) is 22.8 Å². The number of rotatable bonds is 5. The van der Waals surface area contributed by atoms with Crippen LogP contribution in [-0.4, -0.2) is 20.6 Å². The molecule has 7 nitrogen and oxygen atoms in total. The minimum Gasteiger partial charge on any atom is -0.333 e. The summed E-state index contributed by atoms with van der Waals surface area (Å²) in [7, 11) is 0. The molecule has 2 aromatic carbocycles. The molecule has 4 rings (SSSR count). The van der Waals surface area contributed by atoms with Gasteiger partial charge in [0, 0.05) is 11.8 Å². The van der Waals surface area contributed by atoms with Crippen LogP contribution in [0.5, 0.6) is 0 Å². The van der Waals surface area contributed by atoms with Gasteiger partial charge >= 0.3 is 0 Å². The van der Waals surface area contributed by atoms with Crippen molar-refractivity contribution in [1.29, 1.82) is 0 Å². The van der Waals surface area contributed by atoms with Gasteiger partial charge in [0.15, 0.2) is 0 Å². The summed E-state index contributed by atoms with van der Waals surface area (Å²) in [4.78, 5) is 29.6. The zero-order valence-electron chi connectivity index (χ0n) is 16.0. The minimum absolute atomic E-state index is 0.0964. The van der Waals surface area contributed by atoms with E-state index in [2.05, 4.69) is 15.5 Å². The maximum absolute atomic E-state index is 12.9. The van der Waals surface area contributed by atoms with E-state index in [-0.39, 0.29) is 23.9 Å². The fraction of sp³-hybridized carbons (Fsp3) is 0.0909. The van der Waals surface area contributed by atoms with Gasteiger partial charge in [-0.2, -0.15) is 4.98 Å². The SMILES string of the molecule is Cc1ccccc1-c1noc(-c2cccn(CC(=O)Nc3ccccc3Cl)c2=O)n1. The normalized spacial score (nSPS) is 10.7. The highest BCUT2D eigenvalue weighted by Gasteiger charge is 2.17. The highest BCUT2D eigenvalue weighted by molar-refractivity contribution is 6.33. The molecule has 30 heavy (non-hydrogen) atoms. The third-order valence-electron chi connectivity index (χ3n) is 4.52. The average Bonchev–Trinajstić information content (AvgIpc) is 3.21. The van der Waals surface area contributed by atoms with E-state index >= 15 is 0 Å². The lowest BCUT2D eigenvalue weighted by Gasteiger charge is -2.09. The molecule has 0 aliphatic rings. The Balaban J connectivity index is 1.58. The molecule has 0 saturated carbocycles. The molecule has 0 unspecified atom stereocenters. The van der Waals surface area contributed by atoms with Crippen molar-refractivity contribution in [3.05, 3.63) is 87.8 Å². The summed E-state index contributed by atoms with van der Waals surface area (Å²) in [5.41, 5.74) is 2.10. The van der Waals surface area contributed by atoms with Gasteiger partial charge in [0.1, 0.15) is 12.1 Å². The number of aryl methyl sites for hydroxylation is 1. The predicted molar refractivity (Wildman–Crippen MR) is 114 cm³/mol. The van der Waals surface area contributed by atoms with Crippen LogP contribution in [0.15, 0.2) is 76.2 Å². The third-order valence-corrected chi connectivity index (χ3v) is 4.85. The molecule has 0 aliphatic heterocycles. The van der Waals surface area contributed by atoms with Crippen LogP contribution in [0.2, 0.25) is 5.02 Å². The summed E-state index contributed by atoms with van der Waals surface area (Å²) in [5, 5.41) is 7.11. The van der Waals surface area contributed by atoms with Crippen molar-refractivity contribution in [2.45, 2.75) is 13.5 Å². The number of benzene rings is 2. The second-order valence-electron chi connectivity index (χ2n) is 6.62. The number of anilines is 1. The van der Waals surface area contributed by atoms with Gasteiger partial charge in [-0.3, -0.25) is 9.59 Å². The van der Waals surface area contributed by atoms with Gasteiger partial charge in [-0.15, -0.1) is 0 Å². The minimum atomic E-state index is -0.410. The number of pyridine rings is 1. The lowest BCUT2D eigenvalue weighted by molar-refractivity contribution is -0.116. The first kappa shape index (κ1) is 19.6. The Morgan fingerprint density at radius 1 is 1.07 bits per heavy atom. The van der Waals surface area contributed by atoms with Gasteiger partial charge in [-0.25, -0.2) is 0 Å². The molecule has 150 valence electrons. The van der Waals surface area contributed by atoms with E-state index in [0.717, 1.165) is 11.1 Å². The molecule has 4 aromatic rings. The Bertz CT molecular complexity index is 1280. The van der Waals surface area contributed by atoms with Crippen molar-refractivity contribution in [2.75, 3.05) is 5.32 Å². The van der Waals surface area contributed by atoms with Crippen molar-refractivity contribution in [3.63, 3.8) is 0 Å². The van der Waals surface area contributed by atoms with Crippen LogP contribution in [0.4, 0.5) is 5.69 Å². The van der Waals surface area contributed by atoms with E-state index in [1.165, 1.54) is 10.8 Å². The molecule has 0 radical (unpaired) electrons. The summed E-state index contributed by atoms with van der Waals surface area (Å²) < 4.78 is 6.60. The Morgan fingerprint density at radius 2 is 1.80 bits per heavy atom. The summed E-state index contributed by atoms with van der Waals surface area (Å²) >= 11 is 6.06. The first-order valence-electron chi connectivity index (χ1n) is 9.17. The number of amides is 1. The fourth-order valence-corrected chi connectivity index (χ4v) is 3.18. The summed E-state index contributed by atoms with van der Waals surface area (Å²) in [6.07, 6.45) is 1.52. The Hall–Kier alpha value is -3.71. The van der Waals surface area contributed by atoms with Gasteiger partial charge in [0.05, 0.1) is 10.7 Å². The van der Waals surface area contributed by atoms with Crippen molar-refractivity contribution >= 4 is 23.2 Å². The van der Waals surface area contributed by atoms with E-state index < -0.39 is 5.56 Å². The molecule has 0 bridgehead atoms. The van der Waals surface area contributed by atoms with Gasteiger partial charge in [0.2, 0.25) is 11.7 Å². The summed E-state index contributed by atoms with van der Waals surface area (Å²) in [5.74, 6) is 0.113. The first-order chi connectivity index (χ1) is 14.5. The molecule has 1 amide bonds. The number of halogens is 1. The number of nitrogens with zero attached hydrogens (tertiary/aromatic N) is 3. The van der Waals surface area contributed by atoms with Gasteiger partial charge in [-0.05, 0) is 36.8 Å². The number of nitrogens with one attached hydrogen (secondary N) is 1. The molecular formula is C22H17ClN4O3. The van der Waals surface area contributed by atoms with Crippen LogP contribution >= 0.6 is 11.6 Å². The number of para-hydroxylation sites is 1. The summed E-state index contributed by atoms with van der Waals surface area (Å²) in [6, 6.07) is 17.7. The molecule has 0 aliphatic carbocycles. The van der Waals surface area contributed by atoms with Crippen LogP contribution in [0.25, 0.3) is 22.8 Å². The van der Waals surface area contributed by atoms with E-state index in [4.69, 9.17) is 16.1 Å². The second-order valence-corrected chi connectivity index (χ2v) is 7.03.